The topological polar surface area (TPSA) is 57.7 Å². The number of benzene rings is 1. The second kappa shape index (κ2) is 6.69. The lowest BCUT2D eigenvalue weighted by Crippen LogP contribution is -2.41. The van der Waals surface area contributed by atoms with Crippen molar-refractivity contribution in [3.05, 3.63) is 29.8 Å². The van der Waals surface area contributed by atoms with Crippen molar-refractivity contribution in [1.82, 2.24) is 4.90 Å². The van der Waals surface area contributed by atoms with Crippen LogP contribution < -0.4 is 4.31 Å². The van der Waals surface area contributed by atoms with Crippen LogP contribution in [0.15, 0.2) is 24.3 Å². The van der Waals surface area contributed by atoms with Crippen LogP contribution in [-0.2, 0) is 14.8 Å². The van der Waals surface area contributed by atoms with Gasteiger partial charge in [0.2, 0.25) is 15.9 Å². The van der Waals surface area contributed by atoms with Crippen molar-refractivity contribution >= 4 is 21.6 Å². The fraction of sp³-hybridized carbons (Fsp3) is 0.562. The predicted molar refractivity (Wildman–Crippen MR) is 88.5 cm³/mol. The zero-order valence-corrected chi connectivity index (χ0v) is 14.3. The van der Waals surface area contributed by atoms with Crippen LogP contribution in [0.3, 0.4) is 0 Å². The number of rotatable bonds is 5. The van der Waals surface area contributed by atoms with Crippen molar-refractivity contribution in [1.29, 1.82) is 0 Å². The van der Waals surface area contributed by atoms with E-state index in [0.29, 0.717) is 11.6 Å². The SMILES string of the molecule is CC(C)c1ccc(N(CC(=O)N2CCCC2)S(C)(=O)=O)cc1. The normalized spacial score (nSPS) is 15.4. The summed E-state index contributed by atoms with van der Waals surface area (Å²) in [5.41, 5.74) is 1.68. The molecule has 1 heterocycles. The summed E-state index contributed by atoms with van der Waals surface area (Å²) in [6.07, 6.45) is 3.13. The minimum atomic E-state index is -3.49. The van der Waals surface area contributed by atoms with Crippen LogP contribution in [0.1, 0.15) is 38.2 Å². The van der Waals surface area contributed by atoms with Crippen molar-refractivity contribution in [3.63, 3.8) is 0 Å². The Bertz CT molecular complexity index is 617. The van der Waals surface area contributed by atoms with E-state index in [0.717, 1.165) is 37.8 Å². The number of likely N-dealkylation sites (tertiary alicyclic amines) is 1. The van der Waals surface area contributed by atoms with E-state index in [1.165, 1.54) is 4.31 Å². The lowest BCUT2D eigenvalue weighted by molar-refractivity contribution is -0.128. The monoisotopic (exact) mass is 324 g/mol. The van der Waals surface area contributed by atoms with Gasteiger partial charge in [-0.2, -0.15) is 0 Å². The maximum atomic E-state index is 12.3. The number of carbonyl (C=O) groups excluding carboxylic acids is 1. The van der Waals surface area contributed by atoms with Gasteiger partial charge in [-0.1, -0.05) is 26.0 Å². The van der Waals surface area contributed by atoms with Gasteiger partial charge in [0.1, 0.15) is 6.54 Å². The van der Waals surface area contributed by atoms with Crippen molar-refractivity contribution < 1.29 is 13.2 Å². The van der Waals surface area contributed by atoms with E-state index < -0.39 is 10.0 Å². The highest BCUT2D eigenvalue weighted by molar-refractivity contribution is 7.92. The molecule has 0 saturated carbocycles. The van der Waals surface area contributed by atoms with Gasteiger partial charge in [0, 0.05) is 13.1 Å². The largest absolute Gasteiger partial charge is 0.341 e. The molecule has 22 heavy (non-hydrogen) atoms. The van der Waals surface area contributed by atoms with Crippen molar-refractivity contribution in [2.24, 2.45) is 0 Å². The summed E-state index contributed by atoms with van der Waals surface area (Å²) in [5.74, 6) is 0.253. The summed E-state index contributed by atoms with van der Waals surface area (Å²) >= 11 is 0. The summed E-state index contributed by atoms with van der Waals surface area (Å²) in [4.78, 5) is 14.0. The molecular weight excluding hydrogens is 300 g/mol. The Balaban J connectivity index is 2.21. The first-order valence-corrected chi connectivity index (χ1v) is 9.49. The molecule has 0 bridgehead atoms. The van der Waals surface area contributed by atoms with E-state index in [1.54, 1.807) is 17.0 Å². The Morgan fingerprint density at radius 1 is 1.18 bits per heavy atom. The standard InChI is InChI=1S/C16H24N2O3S/c1-13(2)14-6-8-15(9-7-14)18(22(3,20)21)12-16(19)17-10-4-5-11-17/h6-9,13H,4-5,10-12H2,1-3H3. The molecular formula is C16H24N2O3S. The van der Waals surface area contributed by atoms with Crippen LogP contribution in [-0.4, -0.2) is 45.1 Å². The number of hydrogen-bond donors (Lipinski definition) is 0. The number of carbonyl (C=O) groups is 1. The second-order valence-electron chi connectivity index (χ2n) is 6.10. The van der Waals surface area contributed by atoms with Gasteiger partial charge in [-0.25, -0.2) is 8.42 Å². The molecule has 6 heteroatoms. The molecule has 122 valence electrons. The molecule has 0 atom stereocenters. The minimum absolute atomic E-state index is 0.125. The van der Waals surface area contributed by atoms with Crippen LogP contribution >= 0.6 is 0 Å². The molecule has 1 aliphatic heterocycles. The molecule has 1 amide bonds. The first-order chi connectivity index (χ1) is 10.3. The number of amides is 1. The van der Waals surface area contributed by atoms with Gasteiger partial charge in [0.25, 0.3) is 0 Å². The second-order valence-corrected chi connectivity index (χ2v) is 8.01. The van der Waals surface area contributed by atoms with E-state index >= 15 is 0 Å². The number of anilines is 1. The Morgan fingerprint density at radius 3 is 2.18 bits per heavy atom. The third-order valence-electron chi connectivity index (χ3n) is 3.99. The van der Waals surface area contributed by atoms with Crippen LogP contribution in [0.4, 0.5) is 5.69 Å². The van der Waals surface area contributed by atoms with E-state index in [9.17, 15) is 13.2 Å². The van der Waals surface area contributed by atoms with Gasteiger partial charge in [0.05, 0.1) is 11.9 Å². The van der Waals surface area contributed by atoms with Gasteiger partial charge in [-0.05, 0) is 36.5 Å². The average molecular weight is 324 g/mol. The quantitative estimate of drug-likeness (QED) is 0.834. The van der Waals surface area contributed by atoms with E-state index in [2.05, 4.69) is 13.8 Å². The molecule has 0 N–H and O–H groups in total. The smallest absolute Gasteiger partial charge is 0.243 e. The van der Waals surface area contributed by atoms with E-state index in [1.807, 2.05) is 12.1 Å². The van der Waals surface area contributed by atoms with Crippen LogP contribution in [0.2, 0.25) is 0 Å². The lowest BCUT2D eigenvalue weighted by atomic mass is 10.0. The zero-order chi connectivity index (χ0) is 16.3. The van der Waals surface area contributed by atoms with Crippen molar-refractivity contribution in [2.45, 2.75) is 32.6 Å². The Morgan fingerprint density at radius 2 is 1.73 bits per heavy atom. The van der Waals surface area contributed by atoms with Gasteiger partial charge < -0.3 is 4.90 Å². The maximum absolute atomic E-state index is 12.3. The molecule has 1 saturated heterocycles. The third kappa shape index (κ3) is 4.00. The minimum Gasteiger partial charge on any atom is -0.341 e. The average Bonchev–Trinajstić information content (AvgIpc) is 2.97. The van der Waals surface area contributed by atoms with E-state index in [-0.39, 0.29) is 12.5 Å². The van der Waals surface area contributed by atoms with Crippen LogP contribution in [0.5, 0.6) is 0 Å². The molecule has 1 aromatic carbocycles. The predicted octanol–water partition coefficient (Wildman–Crippen LogP) is 2.20. The first kappa shape index (κ1) is 16.8. The summed E-state index contributed by atoms with van der Waals surface area (Å²) in [5, 5.41) is 0. The van der Waals surface area contributed by atoms with Crippen molar-refractivity contribution in [3.8, 4) is 0 Å². The maximum Gasteiger partial charge on any atom is 0.243 e. The number of sulfonamides is 1. The molecule has 0 radical (unpaired) electrons. The van der Waals surface area contributed by atoms with Crippen molar-refractivity contribution in [2.75, 3.05) is 30.2 Å². The summed E-state index contributed by atoms with van der Waals surface area (Å²) < 4.78 is 25.3. The molecule has 1 fully saturated rings. The summed E-state index contributed by atoms with van der Waals surface area (Å²) in [6, 6.07) is 7.37. The number of hydrogen-bond acceptors (Lipinski definition) is 3. The van der Waals surface area contributed by atoms with Gasteiger partial charge in [0.15, 0.2) is 0 Å². The highest BCUT2D eigenvalue weighted by Gasteiger charge is 2.25. The molecule has 0 aliphatic carbocycles. The van der Waals surface area contributed by atoms with Gasteiger partial charge in [-0.15, -0.1) is 0 Å². The highest BCUT2D eigenvalue weighted by atomic mass is 32.2. The van der Waals surface area contributed by atoms with Crippen LogP contribution in [0.25, 0.3) is 0 Å². The Kier molecular flexibility index (Phi) is 5.11. The van der Waals surface area contributed by atoms with Gasteiger partial charge in [-0.3, -0.25) is 9.10 Å². The molecule has 0 unspecified atom stereocenters. The first-order valence-electron chi connectivity index (χ1n) is 7.64. The number of nitrogens with zero attached hydrogens (tertiary/aromatic N) is 2. The molecule has 0 aromatic heterocycles. The third-order valence-corrected chi connectivity index (χ3v) is 5.13. The molecule has 2 rings (SSSR count). The molecule has 1 aromatic rings. The molecule has 1 aliphatic rings. The lowest BCUT2D eigenvalue weighted by Gasteiger charge is -2.25. The Labute approximate surface area is 133 Å². The fourth-order valence-electron chi connectivity index (χ4n) is 2.61. The van der Waals surface area contributed by atoms with Gasteiger partial charge >= 0.3 is 0 Å². The zero-order valence-electron chi connectivity index (χ0n) is 13.4. The van der Waals surface area contributed by atoms with Crippen LogP contribution in [0, 0.1) is 0 Å². The van der Waals surface area contributed by atoms with E-state index in [4.69, 9.17) is 0 Å². The fourth-order valence-corrected chi connectivity index (χ4v) is 3.46. The molecule has 5 nitrogen and oxygen atoms in total. The highest BCUT2D eigenvalue weighted by Crippen LogP contribution is 2.22. The summed E-state index contributed by atoms with van der Waals surface area (Å²) in [7, 11) is -3.49. The summed E-state index contributed by atoms with van der Waals surface area (Å²) in [6.45, 7) is 5.49. The Hall–Kier alpha value is -1.56. The molecule has 0 spiro atoms.